The van der Waals surface area contributed by atoms with Crippen molar-refractivity contribution in [2.45, 2.75) is 33.7 Å². The fraction of sp³-hybridized carbons (Fsp3) is 0.667. The zero-order chi connectivity index (χ0) is 16.3. The normalized spacial score (nSPS) is 16.8. The fourth-order valence-corrected chi connectivity index (χ4v) is 3.39. The quantitative estimate of drug-likeness (QED) is 0.905. The molecule has 0 unspecified atom stereocenters. The van der Waals surface area contributed by atoms with Crippen molar-refractivity contribution < 1.29 is 9.59 Å². The summed E-state index contributed by atoms with van der Waals surface area (Å²) in [6, 6.07) is -0.439. The molecule has 22 heavy (non-hydrogen) atoms. The van der Waals surface area contributed by atoms with Crippen molar-refractivity contribution in [1.82, 2.24) is 15.2 Å². The molecular formula is C15H24N4O2S. The van der Waals surface area contributed by atoms with Crippen LogP contribution in [-0.4, -0.2) is 53.9 Å². The highest BCUT2D eigenvalue weighted by molar-refractivity contribution is 7.13. The molecule has 1 aliphatic heterocycles. The van der Waals surface area contributed by atoms with Crippen LogP contribution in [0.4, 0.5) is 5.13 Å². The first-order chi connectivity index (χ1) is 10.4. The first-order valence-corrected chi connectivity index (χ1v) is 8.49. The maximum Gasteiger partial charge on any atom is 0.245 e. The highest BCUT2D eigenvalue weighted by Crippen LogP contribution is 2.21. The van der Waals surface area contributed by atoms with Crippen molar-refractivity contribution in [2.75, 3.05) is 31.1 Å². The predicted molar refractivity (Wildman–Crippen MR) is 88.1 cm³/mol. The number of piperazine rings is 1. The van der Waals surface area contributed by atoms with Gasteiger partial charge in [0.05, 0.1) is 5.69 Å². The number of rotatable bonds is 4. The maximum absolute atomic E-state index is 12.6. The molecule has 1 N–H and O–H groups in total. The number of amides is 2. The number of thiazole rings is 1. The molecular weight excluding hydrogens is 300 g/mol. The highest BCUT2D eigenvalue weighted by atomic mass is 32.1. The Kier molecular flexibility index (Phi) is 5.39. The van der Waals surface area contributed by atoms with E-state index in [1.165, 1.54) is 6.92 Å². The molecule has 0 spiro atoms. The van der Waals surface area contributed by atoms with Gasteiger partial charge in [-0.1, -0.05) is 13.8 Å². The average Bonchev–Trinajstić information content (AvgIpc) is 2.90. The van der Waals surface area contributed by atoms with Crippen LogP contribution >= 0.6 is 11.3 Å². The fourth-order valence-electron chi connectivity index (χ4n) is 2.53. The van der Waals surface area contributed by atoms with E-state index in [9.17, 15) is 9.59 Å². The number of hydrogen-bond acceptors (Lipinski definition) is 5. The van der Waals surface area contributed by atoms with Crippen LogP contribution in [0.5, 0.6) is 0 Å². The first-order valence-electron chi connectivity index (χ1n) is 7.61. The molecule has 122 valence electrons. The molecule has 2 heterocycles. The lowest BCUT2D eigenvalue weighted by Crippen LogP contribution is -2.56. The van der Waals surface area contributed by atoms with Gasteiger partial charge in [0, 0.05) is 38.5 Å². The summed E-state index contributed by atoms with van der Waals surface area (Å²) >= 11 is 1.64. The molecule has 2 amide bonds. The van der Waals surface area contributed by atoms with Crippen molar-refractivity contribution in [3.63, 3.8) is 0 Å². The first kappa shape index (κ1) is 16.7. The Morgan fingerprint density at radius 2 is 1.91 bits per heavy atom. The summed E-state index contributed by atoms with van der Waals surface area (Å²) in [6.45, 7) is 10.2. The van der Waals surface area contributed by atoms with Crippen LogP contribution in [0.3, 0.4) is 0 Å². The van der Waals surface area contributed by atoms with E-state index in [4.69, 9.17) is 0 Å². The van der Waals surface area contributed by atoms with Crippen LogP contribution < -0.4 is 10.2 Å². The Labute approximate surface area is 135 Å². The molecule has 0 aromatic carbocycles. The molecule has 1 aromatic heterocycles. The molecule has 2 rings (SSSR count). The number of aromatic nitrogens is 1. The van der Waals surface area contributed by atoms with Gasteiger partial charge in [0.15, 0.2) is 5.13 Å². The van der Waals surface area contributed by atoms with Gasteiger partial charge in [0.25, 0.3) is 0 Å². The number of carbonyl (C=O) groups excluding carboxylic acids is 2. The van der Waals surface area contributed by atoms with E-state index >= 15 is 0 Å². The van der Waals surface area contributed by atoms with E-state index in [2.05, 4.69) is 15.2 Å². The molecule has 1 fully saturated rings. The summed E-state index contributed by atoms with van der Waals surface area (Å²) in [4.78, 5) is 32.4. The zero-order valence-electron chi connectivity index (χ0n) is 13.6. The van der Waals surface area contributed by atoms with E-state index < -0.39 is 6.04 Å². The van der Waals surface area contributed by atoms with Gasteiger partial charge < -0.3 is 15.1 Å². The summed E-state index contributed by atoms with van der Waals surface area (Å²) in [7, 11) is 0. The molecule has 1 aromatic rings. The van der Waals surface area contributed by atoms with Crippen LogP contribution in [0.1, 0.15) is 26.5 Å². The molecule has 0 radical (unpaired) electrons. The van der Waals surface area contributed by atoms with Gasteiger partial charge in [0.1, 0.15) is 6.04 Å². The molecule has 6 nitrogen and oxygen atoms in total. The van der Waals surface area contributed by atoms with E-state index in [1.54, 1.807) is 11.3 Å². The van der Waals surface area contributed by atoms with Crippen LogP contribution in [0.25, 0.3) is 0 Å². The standard InChI is InChI=1S/C15H24N4O2S/c1-10(2)13(17-12(4)20)14(21)18-5-7-19(8-6-18)15-16-11(3)9-22-15/h9-10,13H,5-8H2,1-4H3,(H,17,20)/t13-/m1/s1. The van der Waals surface area contributed by atoms with Crippen molar-refractivity contribution in [3.05, 3.63) is 11.1 Å². The predicted octanol–water partition coefficient (Wildman–Crippen LogP) is 1.26. The molecule has 0 aliphatic carbocycles. The Morgan fingerprint density at radius 3 is 2.36 bits per heavy atom. The third kappa shape index (κ3) is 3.97. The number of carbonyl (C=O) groups is 2. The summed E-state index contributed by atoms with van der Waals surface area (Å²) in [5.41, 5.74) is 1.03. The average molecular weight is 324 g/mol. The van der Waals surface area contributed by atoms with Gasteiger partial charge in [-0.15, -0.1) is 11.3 Å². The smallest absolute Gasteiger partial charge is 0.245 e. The van der Waals surface area contributed by atoms with E-state index in [0.717, 1.165) is 23.9 Å². The second kappa shape index (κ2) is 7.09. The molecule has 0 bridgehead atoms. The van der Waals surface area contributed by atoms with Gasteiger partial charge in [0.2, 0.25) is 11.8 Å². The van der Waals surface area contributed by atoms with Gasteiger partial charge in [-0.25, -0.2) is 4.98 Å². The van der Waals surface area contributed by atoms with E-state index in [1.807, 2.05) is 31.1 Å². The van der Waals surface area contributed by atoms with Gasteiger partial charge in [-0.2, -0.15) is 0 Å². The lowest BCUT2D eigenvalue weighted by atomic mass is 10.0. The summed E-state index contributed by atoms with van der Waals surface area (Å²) in [6.07, 6.45) is 0. The lowest BCUT2D eigenvalue weighted by molar-refractivity contribution is -0.137. The molecule has 1 atom stereocenters. The van der Waals surface area contributed by atoms with Crippen LogP contribution in [0.2, 0.25) is 0 Å². The Bertz CT molecular complexity index is 535. The van der Waals surface area contributed by atoms with E-state index in [0.29, 0.717) is 13.1 Å². The molecule has 1 aliphatic rings. The third-order valence-electron chi connectivity index (χ3n) is 3.76. The van der Waals surface area contributed by atoms with E-state index in [-0.39, 0.29) is 17.7 Å². The number of hydrogen-bond donors (Lipinski definition) is 1. The van der Waals surface area contributed by atoms with Crippen LogP contribution in [0, 0.1) is 12.8 Å². The molecule has 0 saturated carbocycles. The highest BCUT2D eigenvalue weighted by Gasteiger charge is 2.30. The minimum absolute atomic E-state index is 0.0140. The van der Waals surface area contributed by atoms with Crippen molar-refractivity contribution >= 4 is 28.3 Å². The minimum atomic E-state index is -0.439. The topological polar surface area (TPSA) is 65.5 Å². The lowest BCUT2D eigenvalue weighted by Gasteiger charge is -2.37. The summed E-state index contributed by atoms with van der Waals surface area (Å²) in [5, 5.41) is 5.83. The number of aryl methyl sites for hydroxylation is 1. The summed E-state index contributed by atoms with van der Waals surface area (Å²) < 4.78 is 0. The number of nitrogens with one attached hydrogen (secondary N) is 1. The van der Waals surface area contributed by atoms with Crippen molar-refractivity contribution in [3.8, 4) is 0 Å². The maximum atomic E-state index is 12.6. The van der Waals surface area contributed by atoms with Crippen molar-refractivity contribution in [1.29, 1.82) is 0 Å². The van der Waals surface area contributed by atoms with Gasteiger partial charge >= 0.3 is 0 Å². The number of anilines is 1. The SMILES string of the molecule is CC(=O)N[C@@H](C(=O)N1CCN(c2nc(C)cs2)CC1)C(C)C. The van der Waals surface area contributed by atoms with Gasteiger partial charge in [-0.3, -0.25) is 9.59 Å². The Balaban J connectivity index is 1.95. The Morgan fingerprint density at radius 1 is 1.27 bits per heavy atom. The largest absolute Gasteiger partial charge is 0.345 e. The third-order valence-corrected chi connectivity index (χ3v) is 4.78. The monoisotopic (exact) mass is 324 g/mol. The van der Waals surface area contributed by atoms with Gasteiger partial charge in [-0.05, 0) is 12.8 Å². The van der Waals surface area contributed by atoms with Crippen LogP contribution in [0.15, 0.2) is 5.38 Å². The molecule has 1 saturated heterocycles. The Hall–Kier alpha value is -1.63. The molecule has 7 heteroatoms. The zero-order valence-corrected chi connectivity index (χ0v) is 14.4. The second-order valence-electron chi connectivity index (χ2n) is 6.01. The summed E-state index contributed by atoms with van der Waals surface area (Å²) in [5.74, 6) is -0.0693. The second-order valence-corrected chi connectivity index (χ2v) is 6.84. The number of nitrogens with zero attached hydrogens (tertiary/aromatic N) is 3. The van der Waals surface area contributed by atoms with Crippen LogP contribution in [-0.2, 0) is 9.59 Å². The van der Waals surface area contributed by atoms with Crippen molar-refractivity contribution in [2.24, 2.45) is 5.92 Å². The minimum Gasteiger partial charge on any atom is -0.345 e.